The lowest BCUT2D eigenvalue weighted by atomic mass is 9.95. The lowest BCUT2D eigenvalue weighted by molar-refractivity contribution is -0.383. The molecule has 1 heterocycles. The first kappa shape index (κ1) is 13.6. The maximum absolute atomic E-state index is 11.3. The Labute approximate surface area is 113 Å². The second-order valence-electron chi connectivity index (χ2n) is 5.42. The van der Waals surface area contributed by atoms with Crippen LogP contribution >= 0.6 is 0 Å². The van der Waals surface area contributed by atoms with Crippen molar-refractivity contribution in [1.29, 1.82) is 0 Å². The summed E-state index contributed by atoms with van der Waals surface area (Å²) in [5.41, 5.74) is 1.50. The molecule has 1 aliphatic heterocycles. The first-order valence-corrected chi connectivity index (χ1v) is 6.74. The zero-order chi connectivity index (χ0) is 14.0. The van der Waals surface area contributed by atoms with Crippen molar-refractivity contribution in [3.05, 3.63) is 28.3 Å². The quantitative estimate of drug-likeness (QED) is 0.669. The summed E-state index contributed by atoms with van der Waals surface area (Å²) in [6.07, 6.45) is 1.11. The molecule has 5 nitrogen and oxygen atoms in total. The Kier molecular flexibility index (Phi) is 3.93. The third kappa shape index (κ3) is 2.64. The number of nitrogens with zero attached hydrogens (tertiary/aromatic N) is 2. The predicted octanol–water partition coefficient (Wildman–Crippen LogP) is 3.12. The van der Waals surface area contributed by atoms with Gasteiger partial charge in [-0.1, -0.05) is 19.9 Å². The molecule has 0 spiro atoms. The molecule has 1 fully saturated rings. The highest BCUT2D eigenvalue weighted by molar-refractivity contribution is 5.77. The van der Waals surface area contributed by atoms with Crippen LogP contribution in [0.25, 0.3) is 0 Å². The first-order chi connectivity index (χ1) is 9.04. The lowest BCUT2D eigenvalue weighted by Crippen LogP contribution is -2.22. The minimum absolute atomic E-state index is 0.189. The largest absolute Gasteiger partial charge is 0.382 e. The Morgan fingerprint density at radius 1 is 1.47 bits per heavy atom. The van der Waals surface area contributed by atoms with E-state index in [1.807, 2.05) is 12.1 Å². The number of para-hydroxylation sites is 1. The fourth-order valence-electron chi connectivity index (χ4n) is 2.73. The lowest BCUT2D eigenvalue weighted by Gasteiger charge is -2.20. The van der Waals surface area contributed by atoms with Crippen LogP contribution in [0.1, 0.15) is 20.3 Å². The molecule has 1 aliphatic rings. The number of nitrogens with one attached hydrogen (secondary N) is 1. The Morgan fingerprint density at radius 3 is 2.74 bits per heavy atom. The predicted molar refractivity (Wildman–Crippen MR) is 77.8 cm³/mol. The SMILES string of the molecule is CNc1cccc(N2CCC(C(C)C)C2)c1[N+](=O)[O-]. The number of nitro groups is 1. The van der Waals surface area contributed by atoms with Gasteiger partial charge in [-0.25, -0.2) is 0 Å². The molecule has 1 N–H and O–H groups in total. The fraction of sp³-hybridized carbons (Fsp3) is 0.571. The summed E-state index contributed by atoms with van der Waals surface area (Å²) >= 11 is 0. The summed E-state index contributed by atoms with van der Waals surface area (Å²) in [4.78, 5) is 13.2. The number of anilines is 2. The van der Waals surface area contributed by atoms with E-state index >= 15 is 0 Å². The zero-order valence-corrected chi connectivity index (χ0v) is 11.7. The molecule has 0 saturated carbocycles. The van der Waals surface area contributed by atoms with Gasteiger partial charge in [-0.15, -0.1) is 0 Å². The summed E-state index contributed by atoms with van der Waals surface area (Å²) in [6, 6.07) is 5.47. The summed E-state index contributed by atoms with van der Waals surface area (Å²) in [5.74, 6) is 1.24. The maximum atomic E-state index is 11.3. The molecule has 0 aromatic heterocycles. The van der Waals surface area contributed by atoms with Crippen molar-refractivity contribution >= 4 is 17.1 Å². The molecule has 0 bridgehead atoms. The van der Waals surface area contributed by atoms with Crippen LogP contribution in [-0.4, -0.2) is 25.1 Å². The molecule has 1 aromatic rings. The van der Waals surface area contributed by atoms with E-state index in [9.17, 15) is 10.1 Å². The highest BCUT2D eigenvalue weighted by atomic mass is 16.6. The highest BCUT2D eigenvalue weighted by Crippen LogP contribution is 2.38. The van der Waals surface area contributed by atoms with Gasteiger partial charge in [0.2, 0.25) is 0 Å². The van der Waals surface area contributed by atoms with Crippen LogP contribution in [0.5, 0.6) is 0 Å². The van der Waals surface area contributed by atoms with Crippen LogP contribution in [0.4, 0.5) is 17.1 Å². The van der Waals surface area contributed by atoms with Gasteiger partial charge < -0.3 is 10.2 Å². The van der Waals surface area contributed by atoms with E-state index in [4.69, 9.17) is 0 Å². The van der Waals surface area contributed by atoms with E-state index < -0.39 is 0 Å². The molecule has 0 aliphatic carbocycles. The van der Waals surface area contributed by atoms with Crippen molar-refractivity contribution < 1.29 is 4.92 Å². The zero-order valence-electron chi connectivity index (χ0n) is 11.7. The van der Waals surface area contributed by atoms with Crippen molar-refractivity contribution in [1.82, 2.24) is 0 Å². The van der Waals surface area contributed by atoms with Crippen LogP contribution < -0.4 is 10.2 Å². The van der Waals surface area contributed by atoms with E-state index in [0.29, 0.717) is 17.5 Å². The molecule has 0 radical (unpaired) electrons. The number of nitro benzene ring substituents is 1. The average molecular weight is 263 g/mol. The minimum Gasteiger partial charge on any atom is -0.382 e. The summed E-state index contributed by atoms with van der Waals surface area (Å²) < 4.78 is 0. The Bertz CT molecular complexity index is 474. The second-order valence-corrected chi connectivity index (χ2v) is 5.42. The Hall–Kier alpha value is -1.78. The van der Waals surface area contributed by atoms with Gasteiger partial charge in [-0.05, 0) is 30.4 Å². The van der Waals surface area contributed by atoms with Crippen LogP contribution in [0.2, 0.25) is 0 Å². The van der Waals surface area contributed by atoms with E-state index in [2.05, 4.69) is 24.1 Å². The molecule has 2 rings (SSSR count). The van der Waals surface area contributed by atoms with Crippen LogP contribution in [-0.2, 0) is 0 Å². The maximum Gasteiger partial charge on any atom is 0.315 e. The fourth-order valence-corrected chi connectivity index (χ4v) is 2.73. The smallest absolute Gasteiger partial charge is 0.315 e. The molecule has 1 aromatic carbocycles. The van der Waals surface area contributed by atoms with Gasteiger partial charge in [0.05, 0.1) is 4.92 Å². The molecule has 104 valence electrons. The van der Waals surface area contributed by atoms with Gasteiger partial charge in [0.25, 0.3) is 0 Å². The molecule has 0 amide bonds. The normalized spacial score (nSPS) is 18.9. The van der Waals surface area contributed by atoms with Crippen LogP contribution in [0.3, 0.4) is 0 Å². The summed E-state index contributed by atoms with van der Waals surface area (Å²) in [7, 11) is 1.72. The highest BCUT2D eigenvalue weighted by Gasteiger charge is 2.30. The molecule has 19 heavy (non-hydrogen) atoms. The minimum atomic E-state index is -0.288. The van der Waals surface area contributed by atoms with Crippen molar-refractivity contribution in [3.63, 3.8) is 0 Å². The van der Waals surface area contributed by atoms with Crippen molar-refractivity contribution in [2.75, 3.05) is 30.4 Å². The van der Waals surface area contributed by atoms with E-state index in [1.54, 1.807) is 13.1 Å². The number of hydrogen-bond acceptors (Lipinski definition) is 4. The second kappa shape index (κ2) is 5.47. The van der Waals surface area contributed by atoms with Gasteiger partial charge in [0, 0.05) is 20.1 Å². The van der Waals surface area contributed by atoms with E-state index in [-0.39, 0.29) is 10.6 Å². The standard InChI is InChI=1S/C14H21N3O2/c1-10(2)11-7-8-16(9-11)13-6-4-5-12(15-3)14(13)17(18)19/h4-6,10-11,15H,7-9H2,1-3H3. The average Bonchev–Trinajstić information content (AvgIpc) is 2.87. The van der Waals surface area contributed by atoms with Crippen LogP contribution in [0.15, 0.2) is 18.2 Å². The van der Waals surface area contributed by atoms with Gasteiger partial charge >= 0.3 is 5.69 Å². The monoisotopic (exact) mass is 263 g/mol. The summed E-state index contributed by atoms with van der Waals surface area (Å²) in [6.45, 7) is 6.24. The molecular formula is C14H21N3O2. The molecular weight excluding hydrogens is 242 g/mol. The third-order valence-corrected chi connectivity index (χ3v) is 3.97. The topological polar surface area (TPSA) is 58.4 Å². The first-order valence-electron chi connectivity index (χ1n) is 6.74. The number of rotatable bonds is 4. The number of benzene rings is 1. The third-order valence-electron chi connectivity index (χ3n) is 3.97. The Morgan fingerprint density at radius 2 is 2.21 bits per heavy atom. The van der Waals surface area contributed by atoms with Gasteiger partial charge in [0.1, 0.15) is 11.4 Å². The Balaban J connectivity index is 2.33. The molecule has 1 unspecified atom stereocenters. The van der Waals surface area contributed by atoms with E-state index in [1.165, 1.54) is 0 Å². The van der Waals surface area contributed by atoms with Gasteiger partial charge in [0.15, 0.2) is 0 Å². The van der Waals surface area contributed by atoms with E-state index in [0.717, 1.165) is 25.2 Å². The molecule has 1 saturated heterocycles. The summed E-state index contributed by atoms with van der Waals surface area (Å²) in [5, 5.41) is 14.2. The van der Waals surface area contributed by atoms with Crippen LogP contribution in [0, 0.1) is 22.0 Å². The molecule has 5 heteroatoms. The van der Waals surface area contributed by atoms with Crippen molar-refractivity contribution in [2.45, 2.75) is 20.3 Å². The van der Waals surface area contributed by atoms with Crippen molar-refractivity contribution in [2.24, 2.45) is 11.8 Å². The van der Waals surface area contributed by atoms with Gasteiger partial charge in [-0.3, -0.25) is 10.1 Å². The number of hydrogen-bond donors (Lipinski definition) is 1. The van der Waals surface area contributed by atoms with Crippen molar-refractivity contribution in [3.8, 4) is 0 Å². The van der Waals surface area contributed by atoms with Gasteiger partial charge in [-0.2, -0.15) is 0 Å². The molecule has 1 atom stereocenters.